The Balaban J connectivity index is 0.000000313. The van der Waals surface area contributed by atoms with E-state index in [1.165, 1.54) is 18.9 Å². The highest BCUT2D eigenvalue weighted by Crippen LogP contribution is 2.47. The van der Waals surface area contributed by atoms with Crippen LogP contribution in [0, 0.1) is 0 Å². The summed E-state index contributed by atoms with van der Waals surface area (Å²) in [6.45, 7) is 1.06. The van der Waals surface area contributed by atoms with E-state index in [9.17, 15) is 15.0 Å². The number of rotatable bonds is 2. The quantitative estimate of drug-likeness (QED) is 0.486. The molecule has 2 aliphatic heterocycles. The minimum Gasteiger partial charge on any atom is -0.508 e. The van der Waals surface area contributed by atoms with Gasteiger partial charge in [0.15, 0.2) is 15.4 Å². The maximum absolute atomic E-state index is 12.4. The lowest BCUT2D eigenvalue weighted by Crippen LogP contribution is -2.29. The summed E-state index contributed by atoms with van der Waals surface area (Å²) in [6.07, 6.45) is 2.75. The van der Waals surface area contributed by atoms with E-state index in [1.807, 2.05) is 12.1 Å². The summed E-state index contributed by atoms with van der Waals surface area (Å²) < 4.78 is 11.1. The second kappa shape index (κ2) is 8.73. The van der Waals surface area contributed by atoms with Gasteiger partial charge in [0.2, 0.25) is 0 Å². The van der Waals surface area contributed by atoms with Crippen LogP contribution in [0.15, 0.2) is 72.8 Å². The first-order valence-corrected chi connectivity index (χ1v) is 11.7. The third-order valence-electron chi connectivity index (χ3n) is 5.40. The number of phenolic OH excluding ortho intramolecular Hbond substituents is 2. The number of carbonyl (C=O) groups is 1. The van der Waals surface area contributed by atoms with E-state index < -0.39 is 11.6 Å². The van der Waals surface area contributed by atoms with E-state index >= 15 is 0 Å². The van der Waals surface area contributed by atoms with Crippen molar-refractivity contribution in [3.63, 3.8) is 0 Å². The van der Waals surface area contributed by atoms with Crippen LogP contribution < -0.4 is 0 Å². The molecule has 2 aliphatic rings. The molecule has 3 aromatic carbocycles. The fraction of sp³-hybridized carbons (Fsp3) is 0.208. The van der Waals surface area contributed by atoms with Crippen LogP contribution in [0.25, 0.3) is 0 Å². The Morgan fingerprint density at radius 3 is 1.87 bits per heavy atom. The molecule has 0 atom stereocenters. The monoisotopic (exact) mass is 420 g/mol. The molecule has 2 heterocycles. The summed E-state index contributed by atoms with van der Waals surface area (Å²) >= 11 is 0. The topological polar surface area (TPSA) is 76.0 Å². The Labute approximate surface area is 177 Å². The van der Waals surface area contributed by atoms with Gasteiger partial charge in [-0.1, -0.05) is 48.9 Å². The zero-order valence-corrected chi connectivity index (χ0v) is 18.0. The summed E-state index contributed by atoms with van der Waals surface area (Å²) in [4.78, 5) is 12.4. The maximum Gasteiger partial charge on any atom is 0.340 e. The molecule has 0 amide bonds. The molecule has 1 fully saturated rings. The molecule has 0 aromatic heterocycles. The lowest BCUT2D eigenvalue weighted by molar-refractivity contribution is 0.0251. The van der Waals surface area contributed by atoms with E-state index in [1.54, 1.807) is 60.7 Å². The molecule has 30 heavy (non-hydrogen) atoms. The molecule has 0 unspecified atom stereocenters. The lowest BCUT2D eigenvalue weighted by Gasteiger charge is -2.30. The zero-order chi connectivity index (χ0) is 21.0. The smallest absolute Gasteiger partial charge is 0.340 e. The molecule has 0 radical (unpaired) electrons. The number of hydrogen-bond acceptors (Lipinski definition) is 5. The van der Waals surface area contributed by atoms with Crippen molar-refractivity contribution in [3.05, 3.63) is 95.1 Å². The Bertz CT molecular complexity index is 954. The van der Waals surface area contributed by atoms with Crippen molar-refractivity contribution in [2.75, 3.05) is 6.61 Å². The second-order valence-electron chi connectivity index (χ2n) is 7.38. The molecule has 154 valence electrons. The van der Waals surface area contributed by atoms with E-state index in [0.717, 1.165) is 23.3 Å². The number of phenols is 2. The van der Waals surface area contributed by atoms with Crippen molar-refractivity contribution in [2.24, 2.45) is 0 Å². The molecule has 5 rings (SSSR count). The van der Waals surface area contributed by atoms with Crippen LogP contribution in [0.5, 0.6) is 11.5 Å². The van der Waals surface area contributed by atoms with Crippen molar-refractivity contribution >= 4 is 15.7 Å². The fourth-order valence-corrected chi connectivity index (χ4v) is 5.06. The van der Waals surface area contributed by atoms with Gasteiger partial charge in [0.25, 0.3) is 0 Å². The summed E-state index contributed by atoms with van der Waals surface area (Å²) in [7, 11) is 0.00849. The average molecular weight is 421 g/mol. The molecule has 0 bridgehead atoms. The van der Waals surface area contributed by atoms with Crippen LogP contribution in [0.4, 0.5) is 0 Å². The number of benzene rings is 3. The predicted octanol–water partition coefficient (Wildman–Crippen LogP) is 3.86. The highest BCUT2D eigenvalue weighted by atomic mass is 28.2. The molecule has 6 heteroatoms. The van der Waals surface area contributed by atoms with Crippen LogP contribution in [-0.4, -0.2) is 32.6 Å². The highest BCUT2D eigenvalue weighted by Gasteiger charge is 2.48. The van der Waals surface area contributed by atoms with Gasteiger partial charge in [-0.25, -0.2) is 4.79 Å². The minimum absolute atomic E-state index is 0.00849. The van der Waals surface area contributed by atoms with E-state index in [0.29, 0.717) is 5.56 Å². The maximum atomic E-state index is 12.4. The molecule has 0 saturated carbocycles. The van der Waals surface area contributed by atoms with Crippen molar-refractivity contribution in [2.45, 2.75) is 24.5 Å². The predicted molar refractivity (Wildman–Crippen MR) is 116 cm³/mol. The Hall–Kier alpha value is -3.09. The first kappa shape index (κ1) is 20.2. The molecule has 5 nitrogen and oxygen atoms in total. The number of esters is 1. The number of ether oxygens (including phenoxy) is 1. The van der Waals surface area contributed by atoms with Crippen LogP contribution in [0.2, 0.25) is 6.04 Å². The fourth-order valence-electron chi connectivity index (χ4n) is 3.89. The van der Waals surface area contributed by atoms with Gasteiger partial charge in [0, 0.05) is 23.3 Å². The normalized spacial score (nSPS) is 17.5. The number of fused-ring (bicyclic) bond motifs is 1. The first-order valence-electron chi connectivity index (χ1n) is 10.1. The third kappa shape index (κ3) is 3.84. The Morgan fingerprint density at radius 1 is 0.800 bits per heavy atom. The Morgan fingerprint density at radius 2 is 1.40 bits per heavy atom. The van der Waals surface area contributed by atoms with Gasteiger partial charge in [-0.3, -0.25) is 0 Å². The summed E-state index contributed by atoms with van der Waals surface area (Å²) in [5.74, 6) is -0.124. The van der Waals surface area contributed by atoms with Crippen LogP contribution in [0.1, 0.15) is 39.9 Å². The number of carbonyl (C=O) groups excluding carboxylic acids is 1. The van der Waals surface area contributed by atoms with Crippen molar-refractivity contribution < 1.29 is 24.2 Å². The van der Waals surface area contributed by atoms with E-state index in [-0.39, 0.29) is 21.3 Å². The zero-order valence-electron chi connectivity index (χ0n) is 16.6. The molecular formula is C24H24O5Si. The van der Waals surface area contributed by atoms with E-state index in [4.69, 9.17) is 9.16 Å². The van der Waals surface area contributed by atoms with Gasteiger partial charge in [0.05, 0.1) is 5.56 Å². The van der Waals surface area contributed by atoms with E-state index in [2.05, 4.69) is 0 Å². The summed E-state index contributed by atoms with van der Waals surface area (Å²) in [5.41, 5.74) is 1.60. The molecule has 1 saturated heterocycles. The van der Waals surface area contributed by atoms with Crippen LogP contribution >= 0.6 is 0 Å². The van der Waals surface area contributed by atoms with Crippen molar-refractivity contribution in [1.82, 2.24) is 0 Å². The molecule has 2 N–H and O–H groups in total. The van der Waals surface area contributed by atoms with Crippen LogP contribution in [-0.2, 0) is 14.8 Å². The van der Waals surface area contributed by atoms with Gasteiger partial charge >= 0.3 is 5.97 Å². The molecule has 3 aromatic rings. The molecule has 0 spiro atoms. The number of cyclic esters (lactones) is 1. The van der Waals surface area contributed by atoms with Gasteiger partial charge in [-0.05, 0) is 42.8 Å². The average Bonchev–Trinajstić information content (AvgIpc) is 3.10. The Kier molecular flexibility index (Phi) is 5.88. The van der Waals surface area contributed by atoms with Crippen LogP contribution in [0.3, 0.4) is 0 Å². The minimum atomic E-state index is -1.10. The molecule has 0 aliphatic carbocycles. The molecular weight excluding hydrogens is 396 g/mol. The van der Waals surface area contributed by atoms with Gasteiger partial charge in [-0.2, -0.15) is 0 Å². The highest BCUT2D eigenvalue weighted by molar-refractivity contribution is 6.27. The van der Waals surface area contributed by atoms with Gasteiger partial charge < -0.3 is 19.4 Å². The second-order valence-corrected chi connectivity index (χ2v) is 8.91. The van der Waals surface area contributed by atoms with Gasteiger partial charge in [-0.15, -0.1) is 0 Å². The first-order chi connectivity index (χ1) is 14.6. The largest absolute Gasteiger partial charge is 0.508 e. The third-order valence-corrected chi connectivity index (χ3v) is 6.76. The SMILES string of the molecule is C1CC[SiH2]OC1.O=C1OC(c2ccc(O)cc2)(c2ccc(O)cc2)c2ccccc21. The number of aromatic hydroxyl groups is 2. The lowest BCUT2D eigenvalue weighted by atomic mass is 9.80. The van der Waals surface area contributed by atoms with Crippen molar-refractivity contribution in [1.29, 1.82) is 0 Å². The van der Waals surface area contributed by atoms with Gasteiger partial charge in [0.1, 0.15) is 11.5 Å². The number of hydrogen-bond donors (Lipinski definition) is 2. The summed E-state index contributed by atoms with van der Waals surface area (Å²) in [5, 5.41) is 19.2. The van der Waals surface area contributed by atoms with Crippen molar-refractivity contribution in [3.8, 4) is 11.5 Å². The summed E-state index contributed by atoms with van der Waals surface area (Å²) in [6, 6.07) is 21.8. The standard InChI is InChI=1S/C20H14O4.C4H10OSi/c21-15-9-5-13(6-10-15)20(14-7-11-16(22)12-8-14)18-4-2-1-3-17(18)19(23)24-20;1-2-4-6-5-3-1/h1-12,21-22H;1-4,6H2.